The second-order valence-electron chi connectivity index (χ2n) is 4.66. The molecule has 0 aromatic heterocycles. The van der Waals surface area contributed by atoms with Crippen molar-refractivity contribution in [3.8, 4) is 0 Å². The van der Waals surface area contributed by atoms with Crippen LogP contribution in [-0.4, -0.2) is 8.42 Å². The average Bonchev–Trinajstić information content (AvgIpc) is 2.42. The third kappa shape index (κ3) is 3.59. The van der Waals surface area contributed by atoms with Crippen molar-refractivity contribution in [3.63, 3.8) is 0 Å². The fourth-order valence-corrected chi connectivity index (χ4v) is 3.55. The van der Waals surface area contributed by atoms with Gasteiger partial charge in [0.05, 0.1) is 4.90 Å². The van der Waals surface area contributed by atoms with Gasteiger partial charge in [-0.2, -0.15) is 0 Å². The number of nitrogens with one attached hydrogen (secondary N) is 1. The number of aryl methyl sites for hydroxylation is 1. The Morgan fingerprint density at radius 3 is 2.35 bits per heavy atom. The first-order valence-corrected chi connectivity index (χ1v) is 8.80. The maximum atomic E-state index is 12.4. The van der Waals surface area contributed by atoms with E-state index in [0.29, 0.717) is 4.90 Å². The summed E-state index contributed by atoms with van der Waals surface area (Å²) < 4.78 is 28.5. The Morgan fingerprint density at radius 2 is 1.75 bits per heavy atom. The highest BCUT2D eigenvalue weighted by molar-refractivity contribution is 14.1. The van der Waals surface area contributed by atoms with E-state index in [9.17, 15) is 8.42 Å². The van der Waals surface area contributed by atoms with Crippen LogP contribution in [0.25, 0.3) is 0 Å². The Kier molecular flexibility index (Phi) is 4.82. The molecule has 0 aliphatic rings. The number of halogens is 1. The summed E-state index contributed by atoms with van der Waals surface area (Å²) in [4.78, 5) is 0.304. The molecule has 0 saturated heterocycles. The first kappa shape index (κ1) is 15.5. The molecule has 0 spiro atoms. The van der Waals surface area contributed by atoms with Crippen molar-refractivity contribution < 1.29 is 8.42 Å². The van der Waals surface area contributed by atoms with Gasteiger partial charge >= 0.3 is 0 Å². The first-order valence-electron chi connectivity index (χ1n) is 6.23. The van der Waals surface area contributed by atoms with Gasteiger partial charge in [-0.3, -0.25) is 0 Å². The van der Waals surface area contributed by atoms with E-state index in [1.165, 1.54) is 0 Å². The maximum Gasteiger partial charge on any atom is 0.241 e. The summed E-state index contributed by atoms with van der Waals surface area (Å²) in [6, 6.07) is 14.4. The van der Waals surface area contributed by atoms with Crippen LogP contribution in [0.5, 0.6) is 0 Å². The molecule has 3 nitrogen and oxygen atoms in total. The number of rotatable bonds is 4. The zero-order chi connectivity index (χ0) is 14.8. The topological polar surface area (TPSA) is 46.2 Å². The highest BCUT2D eigenvalue weighted by Crippen LogP contribution is 2.20. The van der Waals surface area contributed by atoms with E-state index < -0.39 is 10.0 Å². The quantitative estimate of drug-likeness (QED) is 0.796. The van der Waals surface area contributed by atoms with E-state index in [4.69, 9.17) is 0 Å². The van der Waals surface area contributed by atoms with Crippen molar-refractivity contribution in [2.75, 3.05) is 0 Å². The van der Waals surface area contributed by atoms with Gasteiger partial charge in [0.15, 0.2) is 0 Å². The lowest BCUT2D eigenvalue weighted by Crippen LogP contribution is -2.27. The van der Waals surface area contributed by atoms with E-state index in [2.05, 4.69) is 27.3 Å². The van der Waals surface area contributed by atoms with Crippen molar-refractivity contribution in [1.29, 1.82) is 0 Å². The van der Waals surface area contributed by atoms with Crippen LogP contribution >= 0.6 is 22.6 Å². The minimum absolute atomic E-state index is 0.263. The van der Waals surface area contributed by atoms with Crippen molar-refractivity contribution in [2.45, 2.75) is 24.8 Å². The summed E-state index contributed by atoms with van der Waals surface area (Å²) in [5.41, 5.74) is 1.90. The molecule has 0 aliphatic carbocycles. The van der Waals surface area contributed by atoms with E-state index in [0.717, 1.165) is 14.7 Å². The van der Waals surface area contributed by atoms with Gasteiger partial charge in [-0.1, -0.05) is 30.3 Å². The molecular weight excluding hydrogens is 385 g/mol. The number of sulfonamides is 1. The molecule has 0 fully saturated rings. The molecule has 106 valence electrons. The van der Waals surface area contributed by atoms with Crippen LogP contribution in [-0.2, 0) is 10.0 Å². The van der Waals surface area contributed by atoms with Crippen molar-refractivity contribution in [2.24, 2.45) is 0 Å². The molecule has 0 bridgehead atoms. The van der Waals surface area contributed by atoms with Crippen LogP contribution in [0.1, 0.15) is 24.1 Å². The maximum absolute atomic E-state index is 12.4. The van der Waals surface area contributed by atoms with Crippen LogP contribution in [0.2, 0.25) is 0 Å². The van der Waals surface area contributed by atoms with Gasteiger partial charge < -0.3 is 0 Å². The standard InChI is InChI=1S/C15H16INO2S/c1-11-10-14(8-9-15(11)16)20(18,19)17-12(2)13-6-4-3-5-7-13/h3-10,12,17H,1-2H3. The highest BCUT2D eigenvalue weighted by Gasteiger charge is 2.18. The molecule has 5 heteroatoms. The van der Waals surface area contributed by atoms with Crippen LogP contribution in [0.3, 0.4) is 0 Å². The minimum Gasteiger partial charge on any atom is -0.207 e. The lowest BCUT2D eigenvalue weighted by molar-refractivity contribution is 0.567. The predicted molar refractivity (Wildman–Crippen MR) is 89.1 cm³/mol. The largest absolute Gasteiger partial charge is 0.241 e. The molecule has 1 atom stereocenters. The fraction of sp³-hybridized carbons (Fsp3) is 0.200. The summed E-state index contributed by atoms with van der Waals surface area (Å²) in [6.07, 6.45) is 0. The third-order valence-corrected chi connectivity index (χ3v) is 5.82. The highest BCUT2D eigenvalue weighted by atomic mass is 127. The molecule has 1 unspecified atom stereocenters. The SMILES string of the molecule is Cc1cc(S(=O)(=O)NC(C)c2ccccc2)ccc1I. The monoisotopic (exact) mass is 401 g/mol. The Labute approximate surface area is 133 Å². The minimum atomic E-state index is -3.50. The Balaban J connectivity index is 2.25. The molecule has 2 aromatic carbocycles. The van der Waals surface area contributed by atoms with Gasteiger partial charge in [-0.15, -0.1) is 0 Å². The molecule has 0 amide bonds. The number of benzene rings is 2. The molecule has 0 saturated carbocycles. The van der Waals surface area contributed by atoms with Crippen molar-refractivity contribution in [1.82, 2.24) is 4.72 Å². The van der Waals surface area contributed by atoms with E-state index in [-0.39, 0.29) is 6.04 Å². The zero-order valence-electron chi connectivity index (χ0n) is 11.3. The normalized spacial score (nSPS) is 13.2. The Morgan fingerprint density at radius 1 is 1.10 bits per heavy atom. The predicted octanol–water partition coefficient (Wildman–Crippen LogP) is 3.64. The van der Waals surface area contributed by atoms with E-state index in [1.54, 1.807) is 12.1 Å². The van der Waals surface area contributed by atoms with Gasteiger partial charge in [0.2, 0.25) is 10.0 Å². The van der Waals surface area contributed by atoms with Gasteiger partial charge in [0.25, 0.3) is 0 Å². The summed E-state index contributed by atoms with van der Waals surface area (Å²) in [7, 11) is -3.50. The van der Waals surface area contributed by atoms with Crippen LogP contribution in [0.4, 0.5) is 0 Å². The summed E-state index contributed by atoms with van der Waals surface area (Å²) in [5.74, 6) is 0. The molecule has 20 heavy (non-hydrogen) atoms. The summed E-state index contributed by atoms with van der Waals surface area (Å²) >= 11 is 2.19. The Bertz CT molecular complexity index is 699. The van der Waals surface area contributed by atoms with Gasteiger partial charge in [0, 0.05) is 9.61 Å². The van der Waals surface area contributed by atoms with E-state index in [1.807, 2.05) is 50.2 Å². The molecule has 1 N–H and O–H groups in total. The first-order chi connectivity index (χ1) is 9.40. The average molecular weight is 401 g/mol. The second kappa shape index (κ2) is 6.24. The van der Waals surface area contributed by atoms with Crippen LogP contribution < -0.4 is 4.72 Å². The molecule has 2 rings (SSSR count). The molecule has 0 heterocycles. The van der Waals surface area contributed by atoms with Crippen LogP contribution in [0, 0.1) is 10.5 Å². The van der Waals surface area contributed by atoms with Crippen molar-refractivity contribution >= 4 is 32.6 Å². The lowest BCUT2D eigenvalue weighted by Gasteiger charge is -2.15. The van der Waals surface area contributed by atoms with Gasteiger partial charge in [-0.25, -0.2) is 13.1 Å². The second-order valence-corrected chi connectivity index (χ2v) is 7.54. The number of hydrogen-bond acceptors (Lipinski definition) is 2. The van der Waals surface area contributed by atoms with E-state index >= 15 is 0 Å². The zero-order valence-corrected chi connectivity index (χ0v) is 14.3. The van der Waals surface area contributed by atoms with Gasteiger partial charge in [0.1, 0.15) is 0 Å². The van der Waals surface area contributed by atoms with Gasteiger partial charge in [-0.05, 0) is 65.8 Å². The van der Waals surface area contributed by atoms with Crippen molar-refractivity contribution in [3.05, 3.63) is 63.2 Å². The molecule has 2 aromatic rings. The number of hydrogen-bond donors (Lipinski definition) is 1. The Hall–Kier alpha value is -0.920. The molecular formula is C15H16INO2S. The molecule has 0 aliphatic heterocycles. The fourth-order valence-electron chi connectivity index (χ4n) is 1.89. The summed E-state index contributed by atoms with van der Waals surface area (Å²) in [5, 5.41) is 0. The molecule has 0 radical (unpaired) electrons. The van der Waals surface area contributed by atoms with Crippen LogP contribution in [0.15, 0.2) is 53.4 Å². The smallest absolute Gasteiger partial charge is 0.207 e. The lowest BCUT2D eigenvalue weighted by atomic mass is 10.1. The third-order valence-electron chi connectivity index (χ3n) is 3.07. The summed E-state index contributed by atoms with van der Waals surface area (Å²) in [6.45, 7) is 3.74.